The van der Waals surface area contributed by atoms with Crippen molar-refractivity contribution in [3.8, 4) is 5.75 Å². The second-order valence-corrected chi connectivity index (χ2v) is 12.2. The Kier molecular flexibility index (Phi) is 8.92. The molecule has 12 heteroatoms. The minimum Gasteiger partial charge on any atom is -0.488 e. The Labute approximate surface area is 234 Å². The van der Waals surface area contributed by atoms with Crippen LogP contribution in [0.4, 0.5) is 5.69 Å². The number of carbonyl (C=O) groups excluding carboxylic acids is 2. The Bertz CT molecular complexity index is 1460. The minimum absolute atomic E-state index is 0.00458. The molecule has 4 rings (SSSR count). The lowest BCUT2D eigenvalue weighted by Gasteiger charge is -2.38. The van der Waals surface area contributed by atoms with Crippen molar-refractivity contribution in [3.63, 3.8) is 0 Å². The van der Waals surface area contributed by atoms with Gasteiger partial charge in [0.15, 0.2) is 5.03 Å². The number of aryl methyl sites for hydroxylation is 1. The highest BCUT2D eigenvalue weighted by molar-refractivity contribution is 7.89. The second-order valence-electron chi connectivity index (χ2n) is 10.2. The van der Waals surface area contributed by atoms with E-state index in [1.54, 1.807) is 41.6 Å². The molecule has 11 nitrogen and oxygen atoms in total. The van der Waals surface area contributed by atoms with Gasteiger partial charge in [0.2, 0.25) is 5.91 Å². The van der Waals surface area contributed by atoms with Gasteiger partial charge in [0.1, 0.15) is 11.9 Å². The minimum atomic E-state index is -3.88. The maximum atomic E-state index is 13.6. The van der Waals surface area contributed by atoms with Crippen molar-refractivity contribution in [2.24, 2.45) is 13.0 Å². The fraction of sp³-hybridized carbons (Fsp3) is 0.393. The maximum Gasteiger partial charge on any atom is 0.261 e. The van der Waals surface area contributed by atoms with Gasteiger partial charge in [0.25, 0.3) is 15.9 Å². The molecule has 1 aliphatic rings. The van der Waals surface area contributed by atoms with E-state index in [9.17, 15) is 23.1 Å². The fourth-order valence-electron chi connectivity index (χ4n) is 4.54. The first-order valence-corrected chi connectivity index (χ1v) is 14.4. The number of nitrogens with one attached hydrogen (secondary N) is 1. The Hall–Kier alpha value is -3.74. The van der Waals surface area contributed by atoms with Gasteiger partial charge in [-0.3, -0.25) is 9.59 Å². The van der Waals surface area contributed by atoms with Crippen molar-refractivity contribution in [2.75, 3.05) is 32.1 Å². The molecule has 2 aromatic carbocycles. The number of anilines is 1. The van der Waals surface area contributed by atoms with Crippen LogP contribution in [0.25, 0.3) is 0 Å². The van der Waals surface area contributed by atoms with Gasteiger partial charge in [-0.2, -0.15) is 4.31 Å². The summed E-state index contributed by atoms with van der Waals surface area (Å²) in [6.07, 6.45) is 2.40. The summed E-state index contributed by atoms with van der Waals surface area (Å²) in [6, 6.07) is 13.6. The molecule has 0 saturated carbocycles. The molecule has 0 fully saturated rings. The van der Waals surface area contributed by atoms with Crippen LogP contribution in [-0.4, -0.2) is 83.0 Å². The topological polar surface area (TPSA) is 134 Å². The SMILES string of the molecule is C[C@H]1CN([C@@H](C)CO)C(=O)c2cc(NC(=O)Cc3ccccc3)ccc2O[C@@H]1CN(C)S(=O)(=O)c1cn(C)cn1. The standard InChI is InChI=1S/C28H35N5O6S/c1-19-14-33(20(2)17-34)28(36)23-13-22(30-26(35)12-21-8-6-5-7-9-21)10-11-24(23)39-25(19)15-32(4)40(37,38)27-16-31(3)18-29-27/h5-11,13,16,18-20,25,34H,12,14-15,17H2,1-4H3,(H,30,35)/t19-,20-,25+/m0/s1. The van der Waals surface area contributed by atoms with Gasteiger partial charge in [0, 0.05) is 38.4 Å². The van der Waals surface area contributed by atoms with Gasteiger partial charge < -0.3 is 24.6 Å². The van der Waals surface area contributed by atoms with E-state index in [1.807, 2.05) is 37.3 Å². The zero-order valence-corrected chi connectivity index (χ0v) is 23.8. The molecule has 1 aromatic heterocycles. The van der Waals surface area contributed by atoms with E-state index in [1.165, 1.54) is 23.9 Å². The molecular weight excluding hydrogens is 534 g/mol. The lowest BCUT2D eigenvalue weighted by molar-refractivity contribution is -0.115. The predicted molar refractivity (Wildman–Crippen MR) is 149 cm³/mol. The van der Waals surface area contributed by atoms with E-state index in [0.717, 1.165) is 5.56 Å². The van der Waals surface area contributed by atoms with Crippen LogP contribution in [0.1, 0.15) is 29.8 Å². The molecule has 0 aliphatic carbocycles. The molecular formula is C28H35N5O6S. The van der Waals surface area contributed by atoms with E-state index < -0.39 is 22.2 Å². The molecule has 2 amide bonds. The highest BCUT2D eigenvalue weighted by Crippen LogP contribution is 2.31. The predicted octanol–water partition coefficient (Wildman–Crippen LogP) is 2.14. The zero-order chi connectivity index (χ0) is 29.0. The summed E-state index contributed by atoms with van der Waals surface area (Å²) in [5.74, 6) is -0.603. The van der Waals surface area contributed by atoms with Crippen molar-refractivity contribution >= 4 is 27.5 Å². The molecule has 3 atom stereocenters. The molecule has 3 aromatic rings. The number of benzene rings is 2. The van der Waals surface area contributed by atoms with Crippen molar-refractivity contribution in [1.29, 1.82) is 0 Å². The van der Waals surface area contributed by atoms with E-state index in [4.69, 9.17) is 4.74 Å². The van der Waals surface area contributed by atoms with Crippen LogP contribution in [0.5, 0.6) is 5.75 Å². The second kappa shape index (κ2) is 12.2. The number of aromatic nitrogens is 2. The summed E-state index contributed by atoms with van der Waals surface area (Å²) >= 11 is 0. The number of aliphatic hydroxyl groups excluding tert-OH is 1. The van der Waals surface area contributed by atoms with Crippen LogP contribution >= 0.6 is 0 Å². The van der Waals surface area contributed by atoms with Crippen molar-refractivity contribution in [3.05, 3.63) is 72.2 Å². The third kappa shape index (κ3) is 6.52. The van der Waals surface area contributed by atoms with Crippen molar-refractivity contribution in [1.82, 2.24) is 18.8 Å². The zero-order valence-electron chi connectivity index (χ0n) is 23.0. The summed E-state index contributed by atoms with van der Waals surface area (Å²) < 4.78 is 35.3. The van der Waals surface area contributed by atoms with Crippen LogP contribution in [0.15, 0.2) is 66.1 Å². The highest BCUT2D eigenvalue weighted by atomic mass is 32.2. The van der Waals surface area contributed by atoms with Gasteiger partial charge in [0.05, 0.1) is 37.5 Å². The number of likely N-dealkylation sites (N-methyl/N-ethyl adjacent to an activating group) is 1. The number of hydrogen-bond donors (Lipinski definition) is 2. The summed E-state index contributed by atoms with van der Waals surface area (Å²) in [5.41, 5.74) is 1.49. The number of nitrogens with zero attached hydrogens (tertiary/aromatic N) is 4. The number of ether oxygens (including phenoxy) is 1. The van der Waals surface area contributed by atoms with E-state index in [0.29, 0.717) is 5.69 Å². The van der Waals surface area contributed by atoms with Crippen LogP contribution in [0, 0.1) is 5.92 Å². The van der Waals surface area contributed by atoms with Gasteiger partial charge in [-0.1, -0.05) is 37.3 Å². The number of aliphatic hydroxyl groups is 1. The number of fused-ring (bicyclic) bond motifs is 1. The molecule has 1 aliphatic heterocycles. The van der Waals surface area contributed by atoms with Gasteiger partial charge in [-0.25, -0.2) is 13.4 Å². The average Bonchev–Trinajstić information content (AvgIpc) is 3.38. The van der Waals surface area contributed by atoms with E-state index >= 15 is 0 Å². The lowest BCUT2D eigenvalue weighted by Crippen LogP contribution is -2.50. The maximum absolute atomic E-state index is 13.6. The molecule has 0 bridgehead atoms. The lowest BCUT2D eigenvalue weighted by atomic mass is 9.99. The average molecular weight is 570 g/mol. The summed E-state index contributed by atoms with van der Waals surface area (Å²) in [4.78, 5) is 31.8. The summed E-state index contributed by atoms with van der Waals surface area (Å²) in [7, 11) is -0.725. The molecule has 0 saturated heterocycles. The van der Waals surface area contributed by atoms with Gasteiger partial charge in [-0.15, -0.1) is 0 Å². The molecule has 40 heavy (non-hydrogen) atoms. The summed E-state index contributed by atoms with van der Waals surface area (Å²) in [6.45, 7) is 3.60. The Morgan fingerprint density at radius 2 is 1.98 bits per heavy atom. The Balaban J connectivity index is 1.61. The van der Waals surface area contributed by atoms with Crippen LogP contribution in [0.2, 0.25) is 0 Å². The van der Waals surface area contributed by atoms with Crippen molar-refractivity contribution < 1.29 is 27.9 Å². The molecule has 2 N–H and O–H groups in total. The first-order chi connectivity index (χ1) is 19.0. The normalized spacial score (nSPS) is 18.4. The largest absolute Gasteiger partial charge is 0.488 e. The third-order valence-corrected chi connectivity index (χ3v) is 8.66. The van der Waals surface area contributed by atoms with Crippen LogP contribution in [-0.2, 0) is 28.3 Å². The smallest absolute Gasteiger partial charge is 0.261 e. The number of imidazole rings is 1. The monoisotopic (exact) mass is 569 g/mol. The van der Waals surface area contributed by atoms with Gasteiger partial charge >= 0.3 is 0 Å². The Morgan fingerprint density at radius 1 is 1.25 bits per heavy atom. The first-order valence-electron chi connectivity index (χ1n) is 13.0. The quantitative estimate of drug-likeness (QED) is 0.403. The number of sulfonamides is 1. The third-order valence-electron chi connectivity index (χ3n) is 6.95. The first kappa shape index (κ1) is 29.2. The van der Waals surface area contributed by atoms with Gasteiger partial charge in [-0.05, 0) is 30.7 Å². The summed E-state index contributed by atoms with van der Waals surface area (Å²) in [5, 5.41) is 12.6. The van der Waals surface area contributed by atoms with Crippen molar-refractivity contribution in [2.45, 2.75) is 37.4 Å². The molecule has 2 heterocycles. The molecule has 0 radical (unpaired) electrons. The fourth-order valence-corrected chi connectivity index (χ4v) is 5.68. The molecule has 0 spiro atoms. The number of carbonyl (C=O) groups is 2. The Morgan fingerprint density at radius 3 is 2.62 bits per heavy atom. The highest BCUT2D eigenvalue weighted by Gasteiger charge is 2.35. The number of rotatable bonds is 9. The number of hydrogen-bond acceptors (Lipinski definition) is 7. The molecule has 214 valence electrons. The van der Waals surface area contributed by atoms with Crippen LogP contribution in [0.3, 0.4) is 0 Å². The van der Waals surface area contributed by atoms with E-state index in [-0.39, 0.29) is 60.2 Å². The molecule has 0 unspecified atom stereocenters. The van der Waals surface area contributed by atoms with Crippen LogP contribution < -0.4 is 10.1 Å². The number of amides is 2. The van der Waals surface area contributed by atoms with E-state index in [2.05, 4.69) is 10.3 Å².